The number of carbonyl (C=O) groups excluding carboxylic acids is 1. The number of nitrogen functional groups attached to an aromatic ring is 1. The Hall–Kier alpha value is -1.81. The Morgan fingerprint density at radius 3 is 2.50 bits per heavy atom. The molecule has 0 saturated heterocycles. The monoisotopic (exact) mass is 305 g/mol. The maximum absolute atomic E-state index is 12.2. The van der Waals surface area contributed by atoms with Crippen LogP contribution in [-0.2, 0) is 0 Å². The smallest absolute Gasteiger partial charge is 0.193 e. The van der Waals surface area contributed by atoms with E-state index < -0.39 is 0 Å². The first-order valence-corrected chi connectivity index (χ1v) is 6.15. The largest absolute Gasteiger partial charge is 0.496 e. The molecule has 18 heavy (non-hydrogen) atoms. The molecule has 4 heteroatoms. The summed E-state index contributed by atoms with van der Waals surface area (Å²) in [5.74, 6) is 0.629. The minimum Gasteiger partial charge on any atom is -0.496 e. The molecule has 0 aromatic heterocycles. The molecular weight excluding hydrogens is 294 g/mol. The van der Waals surface area contributed by atoms with Crippen LogP contribution >= 0.6 is 15.9 Å². The van der Waals surface area contributed by atoms with Gasteiger partial charge in [-0.1, -0.05) is 12.1 Å². The van der Waals surface area contributed by atoms with Gasteiger partial charge >= 0.3 is 0 Å². The quantitative estimate of drug-likeness (QED) is 0.699. The molecule has 0 aliphatic heterocycles. The number of ketones is 1. The third kappa shape index (κ3) is 2.54. The van der Waals surface area contributed by atoms with Crippen LogP contribution in [0.15, 0.2) is 46.9 Å². The second-order valence-electron chi connectivity index (χ2n) is 3.80. The molecule has 0 bridgehead atoms. The van der Waals surface area contributed by atoms with Crippen LogP contribution in [0.4, 0.5) is 5.69 Å². The molecule has 0 aliphatic rings. The lowest BCUT2D eigenvalue weighted by atomic mass is 10.0. The second-order valence-corrected chi connectivity index (χ2v) is 4.66. The van der Waals surface area contributed by atoms with Crippen molar-refractivity contribution in [1.29, 1.82) is 0 Å². The van der Waals surface area contributed by atoms with Gasteiger partial charge in [0.25, 0.3) is 0 Å². The topological polar surface area (TPSA) is 52.3 Å². The number of ether oxygens (including phenoxy) is 1. The number of rotatable bonds is 3. The standard InChI is InChI=1S/C14H12BrNO2/c1-18-13-6-5-10(8-12(13)15)14(17)9-3-2-4-11(16)7-9/h2-8H,16H2,1H3. The Bertz CT molecular complexity index is 596. The third-order valence-corrected chi connectivity index (χ3v) is 3.18. The number of nitrogens with two attached hydrogens (primary N) is 1. The lowest BCUT2D eigenvalue weighted by Crippen LogP contribution is -2.02. The van der Waals surface area contributed by atoms with Gasteiger partial charge in [0.15, 0.2) is 5.78 Å². The van der Waals surface area contributed by atoms with Crippen molar-refractivity contribution in [1.82, 2.24) is 0 Å². The summed E-state index contributed by atoms with van der Waals surface area (Å²) in [5, 5.41) is 0. The number of carbonyl (C=O) groups is 1. The maximum Gasteiger partial charge on any atom is 0.193 e. The van der Waals surface area contributed by atoms with Crippen molar-refractivity contribution in [2.75, 3.05) is 12.8 Å². The first kappa shape index (κ1) is 12.6. The first-order chi connectivity index (χ1) is 8.61. The second kappa shape index (κ2) is 5.23. The van der Waals surface area contributed by atoms with Gasteiger partial charge in [-0.05, 0) is 46.3 Å². The normalized spacial score (nSPS) is 10.1. The van der Waals surface area contributed by atoms with Gasteiger partial charge in [-0.3, -0.25) is 4.79 Å². The lowest BCUT2D eigenvalue weighted by Gasteiger charge is -2.06. The predicted octanol–water partition coefficient (Wildman–Crippen LogP) is 3.27. The molecule has 0 atom stereocenters. The number of hydrogen-bond acceptors (Lipinski definition) is 3. The van der Waals surface area contributed by atoms with Crippen molar-refractivity contribution >= 4 is 27.4 Å². The van der Waals surface area contributed by atoms with Gasteiger partial charge in [0, 0.05) is 16.8 Å². The van der Waals surface area contributed by atoms with Crippen molar-refractivity contribution in [3.05, 3.63) is 58.1 Å². The van der Waals surface area contributed by atoms with E-state index in [1.165, 1.54) is 0 Å². The Labute approximate surface area is 114 Å². The number of benzene rings is 2. The van der Waals surface area contributed by atoms with Crippen molar-refractivity contribution < 1.29 is 9.53 Å². The molecule has 0 fully saturated rings. The molecule has 0 saturated carbocycles. The van der Waals surface area contributed by atoms with E-state index in [0.29, 0.717) is 22.6 Å². The fourth-order valence-electron chi connectivity index (χ4n) is 1.65. The van der Waals surface area contributed by atoms with E-state index in [4.69, 9.17) is 10.5 Å². The number of hydrogen-bond donors (Lipinski definition) is 1. The highest BCUT2D eigenvalue weighted by Gasteiger charge is 2.11. The van der Waals surface area contributed by atoms with Crippen LogP contribution in [0.5, 0.6) is 5.75 Å². The summed E-state index contributed by atoms with van der Waals surface area (Å²) in [6.07, 6.45) is 0. The van der Waals surface area contributed by atoms with Crippen molar-refractivity contribution in [3.63, 3.8) is 0 Å². The van der Waals surface area contributed by atoms with Crippen LogP contribution < -0.4 is 10.5 Å². The molecule has 0 amide bonds. The highest BCUT2D eigenvalue weighted by atomic mass is 79.9. The third-order valence-electron chi connectivity index (χ3n) is 2.56. The van der Waals surface area contributed by atoms with Crippen molar-refractivity contribution in [3.8, 4) is 5.75 Å². The van der Waals surface area contributed by atoms with E-state index in [1.807, 2.05) is 0 Å². The summed E-state index contributed by atoms with van der Waals surface area (Å²) in [7, 11) is 1.58. The average Bonchev–Trinajstić information content (AvgIpc) is 2.37. The predicted molar refractivity (Wildman–Crippen MR) is 75.0 cm³/mol. The molecule has 0 unspecified atom stereocenters. The summed E-state index contributed by atoms with van der Waals surface area (Å²) in [5.41, 5.74) is 7.41. The molecule has 2 N–H and O–H groups in total. The van der Waals surface area contributed by atoms with Crippen LogP contribution in [0.25, 0.3) is 0 Å². The van der Waals surface area contributed by atoms with Crippen molar-refractivity contribution in [2.45, 2.75) is 0 Å². The fraction of sp³-hybridized carbons (Fsp3) is 0.0714. The molecule has 2 aromatic carbocycles. The zero-order valence-corrected chi connectivity index (χ0v) is 11.4. The SMILES string of the molecule is COc1ccc(C(=O)c2cccc(N)c2)cc1Br. The molecule has 0 heterocycles. The van der Waals surface area contributed by atoms with Gasteiger partial charge in [-0.2, -0.15) is 0 Å². The summed E-state index contributed by atoms with van der Waals surface area (Å²) < 4.78 is 5.88. The van der Waals surface area contributed by atoms with Gasteiger partial charge in [0.1, 0.15) is 5.75 Å². The van der Waals surface area contributed by atoms with E-state index in [1.54, 1.807) is 49.6 Å². The van der Waals surface area contributed by atoms with E-state index in [0.717, 1.165) is 4.47 Å². The highest BCUT2D eigenvalue weighted by molar-refractivity contribution is 9.10. The molecular formula is C14H12BrNO2. The molecule has 0 aliphatic carbocycles. The van der Waals surface area contributed by atoms with Gasteiger partial charge in [-0.15, -0.1) is 0 Å². The Kier molecular flexibility index (Phi) is 3.67. The van der Waals surface area contributed by atoms with E-state index in [9.17, 15) is 4.79 Å². The molecule has 2 aromatic rings. The summed E-state index contributed by atoms with van der Waals surface area (Å²) in [6.45, 7) is 0. The van der Waals surface area contributed by atoms with Gasteiger partial charge in [0.2, 0.25) is 0 Å². The van der Waals surface area contributed by atoms with Crippen LogP contribution in [-0.4, -0.2) is 12.9 Å². The van der Waals surface area contributed by atoms with Crippen LogP contribution in [0.1, 0.15) is 15.9 Å². The maximum atomic E-state index is 12.2. The molecule has 0 spiro atoms. The summed E-state index contributed by atoms with van der Waals surface area (Å²) in [6, 6.07) is 12.2. The fourth-order valence-corrected chi connectivity index (χ4v) is 2.19. The van der Waals surface area contributed by atoms with Gasteiger partial charge in [-0.25, -0.2) is 0 Å². The molecule has 2 rings (SSSR count). The zero-order chi connectivity index (χ0) is 13.1. The first-order valence-electron chi connectivity index (χ1n) is 5.35. The molecule has 3 nitrogen and oxygen atoms in total. The van der Waals surface area contributed by atoms with Crippen LogP contribution in [0, 0.1) is 0 Å². The average molecular weight is 306 g/mol. The summed E-state index contributed by atoms with van der Waals surface area (Å²) in [4.78, 5) is 12.2. The Morgan fingerprint density at radius 2 is 1.89 bits per heavy atom. The number of halogens is 1. The minimum absolute atomic E-state index is 0.0642. The number of methoxy groups -OCH3 is 1. The minimum atomic E-state index is -0.0642. The van der Waals surface area contributed by atoms with E-state index >= 15 is 0 Å². The molecule has 92 valence electrons. The molecule has 0 radical (unpaired) electrons. The highest BCUT2D eigenvalue weighted by Crippen LogP contribution is 2.26. The van der Waals surface area contributed by atoms with E-state index in [2.05, 4.69) is 15.9 Å². The van der Waals surface area contributed by atoms with E-state index in [-0.39, 0.29) is 5.78 Å². The Morgan fingerprint density at radius 1 is 1.17 bits per heavy atom. The van der Waals surface area contributed by atoms with Crippen molar-refractivity contribution in [2.24, 2.45) is 0 Å². The number of anilines is 1. The van der Waals surface area contributed by atoms with Crippen LogP contribution in [0.3, 0.4) is 0 Å². The lowest BCUT2D eigenvalue weighted by molar-refractivity contribution is 0.103. The van der Waals surface area contributed by atoms with Gasteiger partial charge in [0.05, 0.1) is 11.6 Å². The Balaban J connectivity index is 2.37. The van der Waals surface area contributed by atoms with Gasteiger partial charge < -0.3 is 10.5 Å². The van der Waals surface area contributed by atoms with Crippen LogP contribution in [0.2, 0.25) is 0 Å². The summed E-state index contributed by atoms with van der Waals surface area (Å²) >= 11 is 3.36. The zero-order valence-electron chi connectivity index (χ0n) is 9.81.